The molecule has 0 spiro atoms. The number of nitrogens with zero attached hydrogens (tertiary/aromatic N) is 1. The molecule has 29 heavy (non-hydrogen) atoms. The summed E-state index contributed by atoms with van der Waals surface area (Å²) in [5.74, 6) is -0.269. The van der Waals surface area contributed by atoms with Crippen LogP contribution in [0.3, 0.4) is 0 Å². The molecular weight excluding hydrogens is 403 g/mol. The molecule has 0 aromatic heterocycles. The Morgan fingerprint density at radius 3 is 2.45 bits per heavy atom. The number of benzene rings is 2. The highest BCUT2D eigenvalue weighted by Crippen LogP contribution is 2.36. The van der Waals surface area contributed by atoms with E-state index in [0.717, 1.165) is 17.3 Å². The number of carbonyl (C=O) groups is 1. The van der Waals surface area contributed by atoms with Crippen LogP contribution < -0.4 is 15.5 Å². The average molecular weight is 426 g/mol. The van der Waals surface area contributed by atoms with Gasteiger partial charge in [-0.05, 0) is 35.4 Å². The summed E-state index contributed by atoms with van der Waals surface area (Å²) in [6.07, 6.45) is -4.25. The van der Waals surface area contributed by atoms with Gasteiger partial charge in [0.25, 0.3) is 0 Å². The van der Waals surface area contributed by atoms with E-state index in [-0.39, 0.29) is 29.3 Å². The van der Waals surface area contributed by atoms with Gasteiger partial charge in [-0.15, -0.1) is 0 Å². The second-order valence-electron chi connectivity index (χ2n) is 7.41. The van der Waals surface area contributed by atoms with Crippen LogP contribution in [0.4, 0.5) is 18.9 Å². The van der Waals surface area contributed by atoms with Crippen molar-refractivity contribution in [1.82, 2.24) is 10.6 Å². The lowest BCUT2D eigenvalue weighted by molar-refractivity contribution is -0.137. The van der Waals surface area contributed by atoms with Crippen LogP contribution in [0.25, 0.3) is 0 Å². The Kier molecular flexibility index (Phi) is 6.39. The molecule has 1 aliphatic heterocycles. The van der Waals surface area contributed by atoms with E-state index in [9.17, 15) is 18.0 Å². The van der Waals surface area contributed by atoms with E-state index >= 15 is 0 Å². The Morgan fingerprint density at radius 2 is 1.86 bits per heavy atom. The van der Waals surface area contributed by atoms with Crippen LogP contribution in [0.5, 0.6) is 0 Å². The van der Waals surface area contributed by atoms with E-state index in [1.807, 2.05) is 43.3 Å². The van der Waals surface area contributed by atoms with E-state index in [0.29, 0.717) is 18.7 Å². The van der Waals surface area contributed by atoms with E-state index in [2.05, 4.69) is 10.6 Å². The number of amides is 1. The number of rotatable bonds is 5. The zero-order valence-corrected chi connectivity index (χ0v) is 16.9. The van der Waals surface area contributed by atoms with Crippen molar-refractivity contribution in [3.05, 3.63) is 64.2 Å². The van der Waals surface area contributed by atoms with Crippen molar-refractivity contribution in [1.29, 1.82) is 0 Å². The maximum Gasteiger partial charge on any atom is 0.417 e. The second-order valence-corrected chi connectivity index (χ2v) is 7.82. The number of hydrogen-bond acceptors (Lipinski definition) is 3. The largest absolute Gasteiger partial charge is 0.417 e. The molecule has 2 N–H and O–H groups in total. The number of alkyl halides is 3. The van der Waals surface area contributed by atoms with Crippen LogP contribution in [0.1, 0.15) is 22.6 Å². The highest BCUT2D eigenvalue weighted by Gasteiger charge is 2.35. The summed E-state index contributed by atoms with van der Waals surface area (Å²) in [6, 6.07) is 11.3. The van der Waals surface area contributed by atoms with Gasteiger partial charge >= 0.3 is 6.18 Å². The lowest BCUT2D eigenvalue weighted by atomic mass is 9.93. The fourth-order valence-electron chi connectivity index (χ4n) is 3.53. The summed E-state index contributed by atoms with van der Waals surface area (Å²) < 4.78 is 38.8. The first-order valence-corrected chi connectivity index (χ1v) is 9.66. The number of nitrogens with one attached hydrogen (secondary N) is 2. The van der Waals surface area contributed by atoms with Gasteiger partial charge in [0.05, 0.1) is 17.0 Å². The van der Waals surface area contributed by atoms with Crippen molar-refractivity contribution >= 4 is 23.2 Å². The minimum absolute atomic E-state index is 0.126. The number of carbonyl (C=O) groups excluding carboxylic acids is 1. The molecule has 0 aliphatic carbocycles. The Hall–Kier alpha value is -2.25. The van der Waals surface area contributed by atoms with Crippen LogP contribution in [-0.2, 0) is 17.4 Å². The summed E-state index contributed by atoms with van der Waals surface area (Å²) in [5, 5.41) is 5.86. The molecule has 0 radical (unpaired) electrons. The highest BCUT2D eigenvalue weighted by atomic mass is 35.5. The average Bonchev–Trinajstić information content (AvgIpc) is 3.08. The van der Waals surface area contributed by atoms with Crippen LogP contribution in [0, 0.1) is 0 Å². The molecular formula is C21H23ClF3N3O. The number of anilines is 1. The van der Waals surface area contributed by atoms with E-state index in [4.69, 9.17) is 11.6 Å². The van der Waals surface area contributed by atoms with E-state index in [1.54, 1.807) is 0 Å². The lowest BCUT2D eigenvalue weighted by Gasteiger charge is -2.21. The van der Waals surface area contributed by atoms with Crippen molar-refractivity contribution in [2.45, 2.75) is 24.6 Å². The molecule has 0 unspecified atom stereocenters. The van der Waals surface area contributed by atoms with Gasteiger partial charge < -0.3 is 15.5 Å². The Morgan fingerprint density at radius 1 is 1.17 bits per heavy atom. The van der Waals surface area contributed by atoms with Gasteiger partial charge in [0.15, 0.2) is 0 Å². The van der Waals surface area contributed by atoms with Gasteiger partial charge in [-0.2, -0.15) is 13.2 Å². The molecule has 1 saturated heterocycles. The minimum atomic E-state index is -4.49. The van der Waals surface area contributed by atoms with Crippen molar-refractivity contribution in [2.75, 3.05) is 32.1 Å². The summed E-state index contributed by atoms with van der Waals surface area (Å²) in [6.45, 7) is 1.11. The Balaban J connectivity index is 1.66. The van der Waals surface area contributed by atoms with Crippen LogP contribution in [-0.4, -0.2) is 39.1 Å². The van der Waals surface area contributed by atoms with E-state index < -0.39 is 11.7 Å². The zero-order chi connectivity index (χ0) is 21.2. The molecule has 2 atom stereocenters. The van der Waals surface area contributed by atoms with Crippen molar-refractivity contribution in [3.63, 3.8) is 0 Å². The maximum atomic E-state index is 12.9. The second kappa shape index (κ2) is 8.63. The van der Waals surface area contributed by atoms with Gasteiger partial charge in [0, 0.05) is 44.8 Å². The third-order valence-electron chi connectivity index (χ3n) is 5.10. The van der Waals surface area contributed by atoms with Crippen LogP contribution in [0.15, 0.2) is 42.5 Å². The molecule has 1 fully saturated rings. The van der Waals surface area contributed by atoms with Crippen LogP contribution in [0.2, 0.25) is 5.02 Å². The Bertz CT molecular complexity index is 868. The first-order valence-electron chi connectivity index (χ1n) is 9.28. The number of hydrogen-bond donors (Lipinski definition) is 2. The molecule has 4 nitrogen and oxygen atoms in total. The molecule has 1 aliphatic rings. The molecule has 156 valence electrons. The normalized spacial score (nSPS) is 19.2. The van der Waals surface area contributed by atoms with Crippen molar-refractivity contribution in [3.8, 4) is 0 Å². The lowest BCUT2D eigenvalue weighted by Crippen LogP contribution is -2.40. The molecule has 3 rings (SSSR count). The van der Waals surface area contributed by atoms with Crippen LogP contribution >= 0.6 is 11.6 Å². The smallest absolute Gasteiger partial charge is 0.378 e. The number of halogens is 4. The summed E-state index contributed by atoms with van der Waals surface area (Å²) >= 11 is 5.86. The molecule has 2 aromatic rings. The zero-order valence-electron chi connectivity index (χ0n) is 16.2. The highest BCUT2D eigenvalue weighted by molar-refractivity contribution is 6.31. The predicted molar refractivity (Wildman–Crippen MR) is 108 cm³/mol. The van der Waals surface area contributed by atoms with Gasteiger partial charge in [-0.3, -0.25) is 4.79 Å². The maximum absolute atomic E-state index is 12.9. The molecule has 0 bridgehead atoms. The summed E-state index contributed by atoms with van der Waals surface area (Å²) in [5.41, 5.74) is 1.77. The third-order valence-corrected chi connectivity index (χ3v) is 5.42. The standard InChI is InChI=1S/C21H23ClF3N3O/c1-28(2)15-6-3-13(4-7-15)9-20(29)27-19-12-26-11-16(19)14-5-8-17(18(22)10-14)21(23,24)25/h3-8,10,16,19,26H,9,11-12H2,1-2H3,(H,27,29)/t16-,19+/m0/s1. The SMILES string of the molecule is CN(C)c1ccc(CC(=O)N[C@@H]2CNC[C@H]2c2ccc(C(F)(F)F)c(Cl)c2)cc1. The Labute approximate surface area is 173 Å². The van der Waals surface area contributed by atoms with Gasteiger partial charge in [-0.1, -0.05) is 29.8 Å². The van der Waals surface area contributed by atoms with Crippen molar-refractivity contribution < 1.29 is 18.0 Å². The molecule has 2 aromatic carbocycles. The summed E-state index contributed by atoms with van der Waals surface area (Å²) in [4.78, 5) is 14.5. The van der Waals surface area contributed by atoms with Gasteiger partial charge in [0.1, 0.15) is 0 Å². The van der Waals surface area contributed by atoms with Gasteiger partial charge in [-0.25, -0.2) is 0 Å². The van der Waals surface area contributed by atoms with Gasteiger partial charge in [0.2, 0.25) is 5.91 Å². The quantitative estimate of drug-likeness (QED) is 0.765. The monoisotopic (exact) mass is 425 g/mol. The first-order chi connectivity index (χ1) is 13.6. The topological polar surface area (TPSA) is 44.4 Å². The fraction of sp³-hybridized carbons (Fsp3) is 0.381. The molecule has 8 heteroatoms. The van der Waals surface area contributed by atoms with Crippen molar-refractivity contribution in [2.24, 2.45) is 0 Å². The predicted octanol–water partition coefficient (Wildman–Crippen LogP) is 3.84. The van der Waals surface area contributed by atoms with E-state index in [1.165, 1.54) is 12.1 Å². The summed E-state index contributed by atoms with van der Waals surface area (Å²) in [7, 11) is 3.89. The first kappa shape index (κ1) is 21.5. The molecule has 1 heterocycles. The fourth-order valence-corrected chi connectivity index (χ4v) is 3.82. The molecule has 0 saturated carbocycles. The third kappa shape index (κ3) is 5.22. The minimum Gasteiger partial charge on any atom is -0.378 e. The molecule has 1 amide bonds.